The summed E-state index contributed by atoms with van der Waals surface area (Å²) >= 11 is 3.47. The molecular formula is C14H21BrN2O2. The Morgan fingerprint density at radius 1 is 1.32 bits per heavy atom. The van der Waals surface area contributed by atoms with Gasteiger partial charge >= 0.3 is 0 Å². The molecule has 1 fully saturated rings. The summed E-state index contributed by atoms with van der Waals surface area (Å²) in [5.74, 6) is 1.63. The highest BCUT2D eigenvalue weighted by Gasteiger charge is 2.22. The summed E-state index contributed by atoms with van der Waals surface area (Å²) in [4.78, 5) is 16.8. The summed E-state index contributed by atoms with van der Waals surface area (Å²) < 4.78 is 5.45. The van der Waals surface area contributed by atoms with Crippen LogP contribution in [-0.2, 0) is 0 Å². The van der Waals surface area contributed by atoms with E-state index in [2.05, 4.69) is 20.8 Å². The normalized spacial score (nSPS) is 17.5. The summed E-state index contributed by atoms with van der Waals surface area (Å²) in [5, 5.41) is 0.987. The second kappa shape index (κ2) is 6.57. The van der Waals surface area contributed by atoms with Gasteiger partial charge in [-0.25, -0.2) is 0 Å². The lowest BCUT2D eigenvalue weighted by Crippen LogP contribution is -2.35. The maximum Gasteiger partial charge on any atom is 0.257 e. The number of carbonyl (C=O) groups is 1. The minimum atomic E-state index is 0.107. The van der Waals surface area contributed by atoms with Crippen molar-refractivity contribution in [2.24, 2.45) is 0 Å². The van der Waals surface area contributed by atoms with Crippen LogP contribution in [0.1, 0.15) is 28.3 Å². The lowest BCUT2D eigenvalue weighted by Gasteiger charge is -2.21. The highest BCUT2D eigenvalue weighted by Crippen LogP contribution is 2.17. The van der Waals surface area contributed by atoms with Crippen molar-refractivity contribution in [1.82, 2.24) is 9.80 Å². The maximum absolute atomic E-state index is 12.5. The molecule has 0 radical (unpaired) electrons. The van der Waals surface area contributed by atoms with E-state index in [9.17, 15) is 4.79 Å². The minimum Gasteiger partial charge on any atom is -0.466 e. The fraction of sp³-hybridized carbons (Fsp3) is 0.643. The van der Waals surface area contributed by atoms with Gasteiger partial charge in [-0.3, -0.25) is 4.79 Å². The largest absolute Gasteiger partial charge is 0.466 e. The van der Waals surface area contributed by atoms with Gasteiger partial charge in [0.05, 0.1) is 5.56 Å². The molecule has 0 aliphatic carbocycles. The molecule has 106 valence electrons. The quantitative estimate of drug-likeness (QED) is 0.800. The van der Waals surface area contributed by atoms with Crippen LogP contribution in [0.15, 0.2) is 10.5 Å². The Kier molecular flexibility index (Phi) is 5.05. The Morgan fingerprint density at radius 2 is 2.11 bits per heavy atom. The number of aryl methyl sites for hydroxylation is 2. The number of halogens is 1. The zero-order valence-corrected chi connectivity index (χ0v) is 13.2. The molecule has 0 unspecified atom stereocenters. The second-order valence-corrected chi connectivity index (χ2v) is 5.80. The second-order valence-electron chi connectivity index (χ2n) is 5.00. The van der Waals surface area contributed by atoms with Crippen molar-refractivity contribution in [1.29, 1.82) is 0 Å². The van der Waals surface area contributed by atoms with Gasteiger partial charge in [-0.2, -0.15) is 0 Å². The number of furan rings is 1. The highest BCUT2D eigenvalue weighted by molar-refractivity contribution is 9.09. The van der Waals surface area contributed by atoms with Crippen molar-refractivity contribution >= 4 is 21.8 Å². The van der Waals surface area contributed by atoms with Crippen LogP contribution in [0.5, 0.6) is 0 Å². The van der Waals surface area contributed by atoms with E-state index in [0.717, 1.165) is 56.0 Å². The lowest BCUT2D eigenvalue weighted by atomic mass is 10.2. The fourth-order valence-corrected chi connectivity index (χ4v) is 3.03. The van der Waals surface area contributed by atoms with Gasteiger partial charge in [0.2, 0.25) is 0 Å². The first-order chi connectivity index (χ1) is 9.11. The predicted octanol–water partition coefficient (Wildman–Crippen LogP) is 2.44. The molecule has 1 aromatic heterocycles. The first-order valence-corrected chi connectivity index (χ1v) is 7.88. The summed E-state index contributed by atoms with van der Waals surface area (Å²) in [5.41, 5.74) is 0.714. The number of carbonyl (C=O) groups excluding carboxylic acids is 1. The van der Waals surface area contributed by atoms with Crippen LogP contribution in [0, 0.1) is 13.8 Å². The van der Waals surface area contributed by atoms with Gasteiger partial charge in [-0.15, -0.1) is 0 Å². The summed E-state index contributed by atoms with van der Waals surface area (Å²) in [6.45, 7) is 8.44. The van der Waals surface area contributed by atoms with Gasteiger partial charge in [0.25, 0.3) is 5.91 Å². The predicted molar refractivity (Wildman–Crippen MR) is 78.9 cm³/mol. The van der Waals surface area contributed by atoms with E-state index in [-0.39, 0.29) is 5.91 Å². The SMILES string of the molecule is Cc1cc(C(=O)N2CCCN(CCBr)CC2)c(C)o1. The molecule has 2 heterocycles. The van der Waals surface area contributed by atoms with E-state index in [1.807, 2.05) is 24.8 Å². The van der Waals surface area contributed by atoms with Crippen LogP contribution in [0.2, 0.25) is 0 Å². The van der Waals surface area contributed by atoms with E-state index in [1.165, 1.54) is 0 Å². The Morgan fingerprint density at radius 3 is 2.74 bits per heavy atom. The van der Waals surface area contributed by atoms with E-state index < -0.39 is 0 Å². The van der Waals surface area contributed by atoms with Crippen molar-refractivity contribution < 1.29 is 9.21 Å². The molecule has 1 aliphatic heterocycles. The van der Waals surface area contributed by atoms with Crippen LogP contribution in [0.25, 0.3) is 0 Å². The van der Waals surface area contributed by atoms with Crippen molar-refractivity contribution in [3.63, 3.8) is 0 Å². The van der Waals surface area contributed by atoms with Crippen LogP contribution < -0.4 is 0 Å². The molecule has 0 atom stereocenters. The first-order valence-electron chi connectivity index (χ1n) is 6.76. The molecule has 1 aromatic rings. The van der Waals surface area contributed by atoms with E-state index in [1.54, 1.807) is 0 Å². The third-order valence-electron chi connectivity index (χ3n) is 3.55. The van der Waals surface area contributed by atoms with Gasteiger partial charge < -0.3 is 14.2 Å². The van der Waals surface area contributed by atoms with Crippen molar-refractivity contribution in [3.8, 4) is 0 Å². The summed E-state index contributed by atoms with van der Waals surface area (Å²) in [7, 11) is 0. The molecule has 0 spiro atoms. The highest BCUT2D eigenvalue weighted by atomic mass is 79.9. The standard InChI is InChI=1S/C14H21BrN2O2/c1-11-10-13(12(2)19-11)14(18)17-6-3-5-16(7-4-15)8-9-17/h10H,3-9H2,1-2H3. The molecular weight excluding hydrogens is 308 g/mol. The molecule has 0 bridgehead atoms. The molecule has 1 aliphatic rings. The molecule has 0 saturated carbocycles. The molecule has 1 saturated heterocycles. The van der Waals surface area contributed by atoms with Gasteiger partial charge in [0.15, 0.2) is 0 Å². The van der Waals surface area contributed by atoms with Gasteiger partial charge in [-0.05, 0) is 32.9 Å². The number of hydrogen-bond acceptors (Lipinski definition) is 3. The molecule has 2 rings (SSSR count). The third kappa shape index (κ3) is 3.60. The van der Waals surface area contributed by atoms with Crippen LogP contribution in [-0.4, -0.2) is 53.8 Å². The van der Waals surface area contributed by atoms with Crippen molar-refractivity contribution in [2.45, 2.75) is 20.3 Å². The monoisotopic (exact) mass is 328 g/mol. The number of nitrogens with zero attached hydrogens (tertiary/aromatic N) is 2. The number of rotatable bonds is 3. The average molecular weight is 329 g/mol. The summed E-state index contributed by atoms with van der Waals surface area (Å²) in [6, 6.07) is 1.85. The van der Waals surface area contributed by atoms with Crippen molar-refractivity contribution in [2.75, 3.05) is 38.1 Å². The number of alkyl halides is 1. The van der Waals surface area contributed by atoms with Crippen molar-refractivity contribution in [3.05, 3.63) is 23.2 Å². The Bertz CT molecular complexity index is 445. The molecule has 19 heavy (non-hydrogen) atoms. The van der Waals surface area contributed by atoms with E-state index in [4.69, 9.17) is 4.42 Å². The number of amides is 1. The Labute approximate surface area is 122 Å². The zero-order chi connectivity index (χ0) is 13.8. The minimum absolute atomic E-state index is 0.107. The molecule has 5 heteroatoms. The lowest BCUT2D eigenvalue weighted by molar-refractivity contribution is 0.0760. The third-order valence-corrected chi connectivity index (χ3v) is 3.90. The molecule has 0 aromatic carbocycles. The molecule has 0 N–H and O–H groups in total. The maximum atomic E-state index is 12.5. The van der Waals surface area contributed by atoms with Gasteiger partial charge in [0, 0.05) is 31.5 Å². The smallest absolute Gasteiger partial charge is 0.257 e. The molecule has 4 nitrogen and oxygen atoms in total. The van der Waals surface area contributed by atoms with Gasteiger partial charge in [-0.1, -0.05) is 15.9 Å². The van der Waals surface area contributed by atoms with Crippen LogP contribution in [0.4, 0.5) is 0 Å². The van der Waals surface area contributed by atoms with Crippen LogP contribution in [0.3, 0.4) is 0 Å². The van der Waals surface area contributed by atoms with E-state index in [0.29, 0.717) is 5.56 Å². The Hall–Kier alpha value is -0.810. The van der Waals surface area contributed by atoms with E-state index >= 15 is 0 Å². The molecule has 1 amide bonds. The number of hydrogen-bond donors (Lipinski definition) is 0. The first kappa shape index (κ1) is 14.6. The van der Waals surface area contributed by atoms with Crippen LogP contribution >= 0.6 is 15.9 Å². The fourth-order valence-electron chi connectivity index (χ4n) is 2.53. The zero-order valence-electron chi connectivity index (χ0n) is 11.6. The van der Waals surface area contributed by atoms with Gasteiger partial charge in [0.1, 0.15) is 11.5 Å². The average Bonchev–Trinajstić information content (AvgIpc) is 2.59. The summed E-state index contributed by atoms with van der Waals surface area (Å²) in [6.07, 6.45) is 1.04. The Balaban J connectivity index is 2.02. The topological polar surface area (TPSA) is 36.7 Å².